The number of tetrazole rings is 1. The van der Waals surface area contributed by atoms with Crippen molar-refractivity contribution in [2.24, 2.45) is 0 Å². The summed E-state index contributed by atoms with van der Waals surface area (Å²) in [6.07, 6.45) is 3.82. The topological polar surface area (TPSA) is 74.1 Å². The second-order valence-electron chi connectivity index (χ2n) is 5.14. The van der Waals surface area contributed by atoms with Crippen molar-refractivity contribution in [2.75, 3.05) is 19.0 Å². The first-order valence-corrected chi connectivity index (χ1v) is 8.59. The summed E-state index contributed by atoms with van der Waals surface area (Å²) in [7, 11) is 1.62. The number of hydrogen-bond acceptors (Lipinski definition) is 6. The fourth-order valence-corrected chi connectivity index (χ4v) is 2.73. The summed E-state index contributed by atoms with van der Waals surface area (Å²) in [5.74, 6) is 1.98. The average Bonchev–Trinajstić information content (AvgIpc) is 3.04. The van der Waals surface area contributed by atoms with Crippen LogP contribution in [-0.2, 0) is 13.1 Å². The first kappa shape index (κ1) is 18.3. The van der Waals surface area contributed by atoms with Gasteiger partial charge >= 0.3 is 0 Å². The van der Waals surface area contributed by atoms with Crippen molar-refractivity contribution in [2.45, 2.75) is 32.9 Å². The van der Waals surface area contributed by atoms with Gasteiger partial charge in [-0.1, -0.05) is 31.1 Å². The van der Waals surface area contributed by atoms with E-state index in [0.717, 1.165) is 29.4 Å². The van der Waals surface area contributed by atoms with Gasteiger partial charge in [-0.3, -0.25) is 0 Å². The first-order chi connectivity index (χ1) is 11.7. The van der Waals surface area contributed by atoms with Gasteiger partial charge in [0, 0.05) is 13.1 Å². The zero-order valence-corrected chi connectivity index (χ0v) is 15.5. The number of aryl methyl sites for hydroxylation is 1. The third-order valence-electron chi connectivity index (χ3n) is 3.34. The number of nitrogens with zero attached hydrogens (tertiary/aromatic N) is 4. The van der Waals surface area contributed by atoms with Crippen molar-refractivity contribution in [3.63, 3.8) is 0 Å². The van der Waals surface area contributed by atoms with Crippen molar-refractivity contribution in [1.82, 2.24) is 20.2 Å². The molecule has 7 nitrogen and oxygen atoms in total. The summed E-state index contributed by atoms with van der Waals surface area (Å²) < 4.78 is 13.6. The van der Waals surface area contributed by atoms with Gasteiger partial charge in [0.25, 0.3) is 0 Å². The van der Waals surface area contributed by atoms with Crippen LogP contribution in [0.4, 0.5) is 5.95 Å². The SMILES string of the molecule is C=CCOc1c(Br)cc(CNc2nnnn2CCCC)cc1OC. The maximum absolute atomic E-state index is 5.63. The molecule has 2 aromatic rings. The predicted molar refractivity (Wildman–Crippen MR) is 96.4 cm³/mol. The monoisotopic (exact) mass is 395 g/mol. The summed E-state index contributed by atoms with van der Waals surface area (Å²) in [6, 6.07) is 3.91. The van der Waals surface area contributed by atoms with Crippen LogP contribution in [0, 0.1) is 0 Å². The maximum atomic E-state index is 5.63. The lowest BCUT2D eigenvalue weighted by Crippen LogP contribution is -2.09. The fourth-order valence-electron chi connectivity index (χ4n) is 2.13. The second-order valence-corrected chi connectivity index (χ2v) is 6.00. The Labute approximate surface area is 150 Å². The number of ether oxygens (including phenoxy) is 2. The quantitative estimate of drug-likeness (QED) is 0.621. The largest absolute Gasteiger partial charge is 0.493 e. The molecule has 0 aliphatic rings. The lowest BCUT2D eigenvalue weighted by molar-refractivity contribution is 0.324. The highest BCUT2D eigenvalue weighted by Crippen LogP contribution is 2.36. The summed E-state index contributed by atoms with van der Waals surface area (Å²) in [5.41, 5.74) is 1.02. The van der Waals surface area contributed by atoms with Gasteiger partial charge in [0.05, 0.1) is 11.6 Å². The maximum Gasteiger partial charge on any atom is 0.243 e. The molecule has 130 valence electrons. The third-order valence-corrected chi connectivity index (χ3v) is 3.93. The molecule has 0 aliphatic heterocycles. The number of methoxy groups -OCH3 is 1. The van der Waals surface area contributed by atoms with Crippen molar-refractivity contribution >= 4 is 21.9 Å². The minimum atomic E-state index is 0.415. The molecule has 2 rings (SSSR count). The highest BCUT2D eigenvalue weighted by molar-refractivity contribution is 9.10. The van der Waals surface area contributed by atoms with Crippen LogP contribution < -0.4 is 14.8 Å². The molecule has 0 amide bonds. The van der Waals surface area contributed by atoms with Crippen LogP contribution in [0.15, 0.2) is 29.3 Å². The van der Waals surface area contributed by atoms with E-state index in [1.165, 1.54) is 0 Å². The summed E-state index contributed by atoms with van der Waals surface area (Å²) >= 11 is 3.52. The predicted octanol–water partition coefficient (Wildman–Crippen LogP) is 3.42. The molecule has 0 fully saturated rings. The van der Waals surface area contributed by atoms with E-state index < -0.39 is 0 Å². The molecule has 0 saturated carbocycles. The molecule has 1 aromatic heterocycles. The zero-order chi connectivity index (χ0) is 17.4. The van der Waals surface area contributed by atoms with Crippen LogP contribution in [0.5, 0.6) is 11.5 Å². The molecule has 0 atom stereocenters. The van der Waals surface area contributed by atoms with Gasteiger partial charge in [0.15, 0.2) is 11.5 Å². The van der Waals surface area contributed by atoms with Gasteiger partial charge in [-0.05, 0) is 50.5 Å². The molecule has 0 radical (unpaired) electrons. The van der Waals surface area contributed by atoms with Crippen molar-refractivity contribution in [3.05, 3.63) is 34.8 Å². The Balaban J connectivity index is 2.09. The Morgan fingerprint density at radius 2 is 2.25 bits per heavy atom. The van der Waals surface area contributed by atoms with E-state index in [1.807, 2.05) is 12.1 Å². The normalized spacial score (nSPS) is 10.5. The minimum absolute atomic E-state index is 0.415. The molecule has 0 bridgehead atoms. The van der Waals surface area contributed by atoms with Crippen molar-refractivity contribution in [1.29, 1.82) is 0 Å². The van der Waals surface area contributed by atoms with Gasteiger partial charge < -0.3 is 14.8 Å². The van der Waals surface area contributed by atoms with E-state index in [0.29, 0.717) is 30.6 Å². The molecule has 1 heterocycles. The summed E-state index contributed by atoms with van der Waals surface area (Å²) in [4.78, 5) is 0. The Kier molecular flexibility index (Phi) is 7.05. The number of benzene rings is 1. The van der Waals surface area contributed by atoms with Crippen LogP contribution in [-0.4, -0.2) is 33.9 Å². The standard InChI is InChI=1S/C16H22BrN5O2/c1-4-6-7-22-16(19-20-21-22)18-11-12-9-13(17)15(24-8-5-2)14(10-12)23-3/h5,9-10H,2,4,6-8,11H2,1,3H3,(H,18,19,21). The lowest BCUT2D eigenvalue weighted by atomic mass is 10.2. The number of hydrogen-bond donors (Lipinski definition) is 1. The van der Waals surface area contributed by atoms with Gasteiger partial charge in [-0.15, -0.1) is 0 Å². The van der Waals surface area contributed by atoms with Crippen LogP contribution in [0.1, 0.15) is 25.3 Å². The van der Waals surface area contributed by atoms with Crippen molar-refractivity contribution < 1.29 is 9.47 Å². The van der Waals surface area contributed by atoms with E-state index in [4.69, 9.17) is 9.47 Å². The van der Waals surface area contributed by atoms with E-state index in [-0.39, 0.29) is 0 Å². The Bertz CT molecular complexity index is 674. The first-order valence-electron chi connectivity index (χ1n) is 7.79. The zero-order valence-electron chi connectivity index (χ0n) is 14.0. The number of rotatable bonds is 10. The highest BCUT2D eigenvalue weighted by atomic mass is 79.9. The molecule has 0 unspecified atom stereocenters. The molecule has 0 saturated heterocycles. The highest BCUT2D eigenvalue weighted by Gasteiger charge is 2.12. The van der Waals surface area contributed by atoms with Gasteiger partial charge in [-0.25, -0.2) is 4.68 Å². The third kappa shape index (κ3) is 4.70. The molecule has 0 aliphatic carbocycles. The molecule has 8 heteroatoms. The smallest absolute Gasteiger partial charge is 0.243 e. The lowest BCUT2D eigenvalue weighted by Gasteiger charge is -2.14. The van der Waals surface area contributed by atoms with E-state index in [2.05, 4.69) is 50.3 Å². The van der Waals surface area contributed by atoms with Crippen molar-refractivity contribution in [3.8, 4) is 11.5 Å². The Morgan fingerprint density at radius 3 is 2.96 bits per heavy atom. The molecule has 1 N–H and O–H groups in total. The molecular formula is C16H22BrN5O2. The summed E-state index contributed by atoms with van der Waals surface area (Å²) in [5, 5.41) is 15.0. The average molecular weight is 396 g/mol. The molecule has 0 spiro atoms. The number of nitrogens with one attached hydrogen (secondary N) is 1. The van der Waals surface area contributed by atoms with Gasteiger partial charge in [0.1, 0.15) is 6.61 Å². The number of halogens is 1. The second kappa shape index (κ2) is 9.27. The van der Waals surface area contributed by atoms with Crippen LogP contribution in [0.2, 0.25) is 0 Å². The van der Waals surface area contributed by atoms with Gasteiger partial charge in [0.2, 0.25) is 5.95 Å². The Morgan fingerprint density at radius 1 is 1.42 bits per heavy atom. The Hall–Kier alpha value is -2.09. The number of anilines is 1. The van der Waals surface area contributed by atoms with Crippen LogP contribution in [0.3, 0.4) is 0 Å². The van der Waals surface area contributed by atoms with E-state index in [1.54, 1.807) is 17.9 Å². The molecular weight excluding hydrogens is 374 g/mol. The fraction of sp³-hybridized carbons (Fsp3) is 0.438. The number of unbranched alkanes of at least 4 members (excludes halogenated alkanes) is 1. The molecule has 24 heavy (non-hydrogen) atoms. The van der Waals surface area contributed by atoms with Crippen LogP contribution in [0.25, 0.3) is 0 Å². The van der Waals surface area contributed by atoms with Gasteiger partial charge in [-0.2, -0.15) is 0 Å². The van der Waals surface area contributed by atoms with E-state index in [9.17, 15) is 0 Å². The van der Waals surface area contributed by atoms with E-state index >= 15 is 0 Å². The molecule has 1 aromatic carbocycles. The summed E-state index contributed by atoms with van der Waals surface area (Å²) in [6.45, 7) is 7.58. The van der Waals surface area contributed by atoms with Crippen LogP contribution >= 0.6 is 15.9 Å². The minimum Gasteiger partial charge on any atom is -0.493 e. The number of aromatic nitrogens is 4.